The molecule has 5 heteroatoms. The van der Waals surface area contributed by atoms with Crippen LogP contribution in [-0.4, -0.2) is 15.1 Å². The van der Waals surface area contributed by atoms with Crippen molar-refractivity contribution in [2.45, 2.75) is 13.8 Å². The monoisotopic (exact) mass is 241 g/mol. The summed E-state index contributed by atoms with van der Waals surface area (Å²) in [6.07, 6.45) is 0. The number of hydrogen-bond acceptors (Lipinski definition) is 4. The van der Waals surface area contributed by atoms with Crippen LogP contribution in [0.4, 0.5) is 0 Å². The SMILES string of the molecule is Cc1cccc(-c2noc3nc(C)[nH]c(=O)c23)c1. The zero-order valence-electron chi connectivity index (χ0n) is 10.0. The lowest BCUT2D eigenvalue weighted by atomic mass is 10.1. The number of rotatable bonds is 1. The standard InChI is InChI=1S/C13H11N3O2/c1-7-4-3-5-9(6-7)11-10-12(17)14-8(2)15-13(10)18-16-11/h3-6H,1-2H3,(H,14,15,17). The van der Waals surface area contributed by atoms with Crippen LogP contribution >= 0.6 is 0 Å². The highest BCUT2D eigenvalue weighted by molar-refractivity contribution is 5.88. The zero-order chi connectivity index (χ0) is 12.7. The molecule has 2 heterocycles. The average Bonchev–Trinajstić information content (AvgIpc) is 2.72. The van der Waals surface area contributed by atoms with E-state index in [1.807, 2.05) is 31.2 Å². The first-order chi connectivity index (χ1) is 8.65. The van der Waals surface area contributed by atoms with Crippen molar-refractivity contribution in [3.8, 4) is 11.3 Å². The molecule has 0 unspecified atom stereocenters. The molecule has 0 fully saturated rings. The maximum atomic E-state index is 11.9. The van der Waals surface area contributed by atoms with Crippen LogP contribution in [0, 0.1) is 13.8 Å². The van der Waals surface area contributed by atoms with Gasteiger partial charge in [-0.05, 0) is 19.9 Å². The second kappa shape index (κ2) is 3.80. The molecule has 1 N–H and O–H groups in total. The number of benzene rings is 1. The summed E-state index contributed by atoms with van der Waals surface area (Å²) in [4.78, 5) is 18.7. The fraction of sp³-hybridized carbons (Fsp3) is 0.154. The van der Waals surface area contributed by atoms with Gasteiger partial charge in [0.2, 0.25) is 0 Å². The average molecular weight is 241 g/mol. The number of H-pyrrole nitrogens is 1. The van der Waals surface area contributed by atoms with Crippen LogP contribution in [0.15, 0.2) is 33.6 Å². The van der Waals surface area contributed by atoms with Gasteiger partial charge in [0.1, 0.15) is 16.9 Å². The van der Waals surface area contributed by atoms with Crippen LogP contribution in [0.5, 0.6) is 0 Å². The molecule has 3 aromatic rings. The van der Waals surface area contributed by atoms with E-state index >= 15 is 0 Å². The van der Waals surface area contributed by atoms with Crippen molar-refractivity contribution < 1.29 is 4.52 Å². The quantitative estimate of drug-likeness (QED) is 0.708. The van der Waals surface area contributed by atoms with Crippen molar-refractivity contribution in [2.24, 2.45) is 0 Å². The number of aromatic nitrogens is 3. The predicted octanol–water partition coefficient (Wildman–Crippen LogP) is 2.19. The molecule has 0 aliphatic rings. The Kier molecular flexibility index (Phi) is 2.26. The minimum Gasteiger partial charge on any atom is -0.335 e. The van der Waals surface area contributed by atoms with Gasteiger partial charge in [-0.15, -0.1) is 0 Å². The summed E-state index contributed by atoms with van der Waals surface area (Å²) >= 11 is 0. The van der Waals surface area contributed by atoms with Crippen molar-refractivity contribution in [3.63, 3.8) is 0 Å². The van der Waals surface area contributed by atoms with Crippen molar-refractivity contribution >= 4 is 11.1 Å². The molecule has 18 heavy (non-hydrogen) atoms. The van der Waals surface area contributed by atoms with Crippen LogP contribution in [0.2, 0.25) is 0 Å². The van der Waals surface area contributed by atoms with Crippen LogP contribution in [0.25, 0.3) is 22.4 Å². The van der Waals surface area contributed by atoms with E-state index < -0.39 is 0 Å². The fourth-order valence-electron chi connectivity index (χ4n) is 1.96. The number of nitrogens with zero attached hydrogens (tertiary/aromatic N) is 2. The molecule has 3 rings (SSSR count). The summed E-state index contributed by atoms with van der Waals surface area (Å²) in [5.41, 5.74) is 2.52. The Morgan fingerprint density at radius 2 is 2.11 bits per heavy atom. The molecule has 0 saturated carbocycles. The van der Waals surface area contributed by atoms with Gasteiger partial charge in [-0.2, -0.15) is 4.98 Å². The zero-order valence-corrected chi connectivity index (χ0v) is 10.0. The maximum absolute atomic E-state index is 11.9. The van der Waals surface area contributed by atoms with Crippen LogP contribution in [0.1, 0.15) is 11.4 Å². The summed E-state index contributed by atoms with van der Waals surface area (Å²) in [6, 6.07) is 7.75. The number of fused-ring (bicyclic) bond motifs is 1. The van der Waals surface area contributed by atoms with Gasteiger partial charge in [0.05, 0.1) is 0 Å². The maximum Gasteiger partial charge on any atom is 0.265 e. The Morgan fingerprint density at radius 3 is 2.89 bits per heavy atom. The highest BCUT2D eigenvalue weighted by atomic mass is 16.5. The van der Waals surface area contributed by atoms with Crippen molar-refractivity contribution in [3.05, 3.63) is 46.0 Å². The summed E-state index contributed by atoms with van der Waals surface area (Å²) in [5.74, 6) is 0.513. The Hall–Kier alpha value is -2.43. The molecule has 0 aliphatic heterocycles. The van der Waals surface area contributed by atoms with Gasteiger partial charge in [-0.3, -0.25) is 4.79 Å². The second-order valence-electron chi connectivity index (χ2n) is 4.23. The van der Waals surface area contributed by atoms with Crippen molar-refractivity contribution in [1.29, 1.82) is 0 Å². The summed E-state index contributed by atoms with van der Waals surface area (Å²) in [7, 11) is 0. The molecule has 2 aromatic heterocycles. The Bertz CT molecular complexity index is 786. The first kappa shape index (κ1) is 10.7. The largest absolute Gasteiger partial charge is 0.335 e. The van der Waals surface area contributed by atoms with Gasteiger partial charge in [0, 0.05) is 5.56 Å². The molecule has 0 amide bonds. The van der Waals surface area contributed by atoms with E-state index in [9.17, 15) is 4.79 Å². The minimum atomic E-state index is -0.227. The first-order valence-electron chi connectivity index (χ1n) is 5.58. The number of hydrogen-bond donors (Lipinski definition) is 1. The molecule has 1 aromatic carbocycles. The van der Waals surface area contributed by atoms with E-state index in [0.717, 1.165) is 11.1 Å². The Morgan fingerprint density at radius 1 is 1.28 bits per heavy atom. The fourth-order valence-corrected chi connectivity index (χ4v) is 1.96. The minimum absolute atomic E-state index is 0.227. The van der Waals surface area contributed by atoms with Crippen LogP contribution in [0.3, 0.4) is 0 Å². The molecular formula is C13H11N3O2. The molecular weight excluding hydrogens is 230 g/mol. The van der Waals surface area contributed by atoms with E-state index in [1.54, 1.807) is 6.92 Å². The van der Waals surface area contributed by atoms with Gasteiger partial charge >= 0.3 is 0 Å². The topological polar surface area (TPSA) is 71.8 Å². The number of nitrogens with one attached hydrogen (secondary N) is 1. The van der Waals surface area contributed by atoms with Crippen molar-refractivity contribution in [2.75, 3.05) is 0 Å². The van der Waals surface area contributed by atoms with Gasteiger partial charge in [-0.1, -0.05) is 28.9 Å². The highest BCUT2D eigenvalue weighted by Crippen LogP contribution is 2.24. The molecule has 0 atom stereocenters. The normalized spacial score (nSPS) is 11.0. The summed E-state index contributed by atoms with van der Waals surface area (Å²) in [5, 5.41) is 4.35. The van der Waals surface area contributed by atoms with E-state index in [4.69, 9.17) is 4.52 Å². The third-order valence-electron chi connectivity index (χ3n) is 2.76. The Balaban J connectivity index is 2.34. The molecule has 5 nitrogen and oxygen atoms in total. The molecule has 0 spiro atoms. The number of aryl methyl sites for hydroxylation is 2. The summed E-state index contributed by atoms with van der Waals surface area (Å²) in [6.45, 7) is 3.69. The lowest BCUT2D eigenvalue weighted by molar-refractivity contribution is 0.450. The van der Waals surface area contributed by atoms with E-state index in [2.05, 4.69) is 15.1 Å². The molecule has 0 bridgehead atoms. The third kappa shape index (κ3) is 1.60. The molecule has 90 valence electrons. The second-order valence-corrected chi connectivity index (χ2v) is 4.23. The van der Waals surface area contributed by atoms with Gasteiger partial charge in [0.15, 0.2) is 0 Å². The smallest absolute Gasteiger partial charge is 0.265 e. The molecule has 0 saturated heterocycles. The summed E-state index contributed by atoms with van der Waals surface area (Å²) < 4.78 is 5.12. The molecule has 0 radical (unpaired) electrons. The molecule has 0 aliphatic carbocycles. The van der Waals surface area contributed by atoms with Gasteiger partial charge in [-0.25, -0.2) is 0 Å². The third-order valence-corrected chi connectivity index (χ3v) is 2.76. The van der Waals surface area contributed by atoms with E-state index in [0.29, 0.717) is 16.9 Å². The first-order valence-corrected chi connectivity index (χ1v) is 5.58. The predicted molar refractivity (Wildman–Crippen MR) is 67.3 cm³/mol. The van der Waals surface area contributed by atoms with Gasteiger partial charge < -0.3 is 9.51 Å². The van der Waals surface area contributed by atoms with Gasteiger partial charge in [0.25, 0.3) is 11.3 Å². The Labute approximate surface area is 102 Å². The van der Waals surface area contributed by atoms with Crippen LogP contribution < -0.4 is 5.56 Å². The number of aromatic amines is 1. The highest BCUT2D eigenvalue weighted by Gasteiger charge is 2.15. The van der Waals surface area contributed by atoms with E-state index in [-0.39, 0.29) is 11.3 Å². The van der Waals surface area contributed by atoms with Crippen LogP contribution in [-0.2, 0) is 0 Å². The lowest BCUT2D eigenvalue weighted by Crippen LogP contribution is -2.09. The van der Waals surface area contributed by atoms with E-state index in [1.165, 1.54) is 0 Å². The lowest BCUT2D eigenvalue weighted by Gasteiger charge is -1.98. The van der Waals surface area contributed by atoms with Crippen molar-refractivity contribution in [1.82, 2.24) is 15.1 Å².